The molecule has 0 unspecified atom stereocenters. The summed E-state index contributed by atoms with van der Waals surface area (Å²) in [4.78, 5) is 41.3. The second-order valence-corrected chi connectivity index (χ2v) is 10.5. The molecule has 0 bridgehead atoms. The number of carbonyl (C=O) groups is 3. The summed E-state index contributed by atoms with van der Waals surface area (Å²) in [6.45, 7) is 0. The number of rotatable bonds is 8. The molecule has 6 rings (SSSR count). The van der Waals surface area contributed by atoms with Gasteiger partial charge in [0.1, 0.15) is 0 Å². The fraction of sp³-hybridized carbons (Fsp3) is 0.108. The summed E-state index contributed by atoms with van der Waals surface area (Å²) in [6, 6.07) is 42.4. The van der Waals surface area contributed by atoms with Crippen LogP contribution in [0.4, 0.5) is 11.4 Å². The monoisotopic (exact) mass is 550 g/mol. The molecule has 2 N–H and O–H groups in total. The molecule has 0 radical (unpaired) electrons. The smallest absolute Gasteiger partial charge is 0.255 e. The van der Waals surface area contributed by atoms with E-state index in [-0.39, 0.29) is 23.9 Å². The Hall–Kier alpha value is -5.29. The van der Waals surface area contributed by atoms with E-state index in [9.17, 15) is 14.4 Å². The summed E-state index contributed by atoms with van der Waals surface area (Å²) < 4.78 is 0. The van der Waals surface area contributed by atoms with Crippen molar-refractivity contribution in [2.24, 2.45) is 5.92 Å². The molecule has 0 saturated carbocycles. The largest absolute Gasteiger partial charge is 0.377 e. The molecule has 1 aliphatic rings. The molecule has 1 heterocycles. The maximum absolute atomic E-state index is 14.4. The number of hydrogen-bond donors (Lipinski definition) is 2. The van der Waals surface area contributed by atoms with Crippen LogP contribution in [0.15, 0.2) is 140 Å². The Morgan fingerprint density at radius 2 is 1.10 bits per heavy atom. The van der Waals surface area contributed by atoms with Crippen molar-refractivity contribution in [3.05, 3.63) is 167 Å². The Morgan fingerprint density at radius 1 is 0.571 bits per heavy atom. The van der Waals surface area contributed by atoms with Gasteiger partial charge in [-0.05, 0) is 35.4 Å². The number of anilines is 2. The van der Waals surface area contributed by atoms with Crippen LogP contribution in [0.1, 0.15) is 60.6 Å². The third-order valence-corrected chi connectivity index (χ3v) is 7.91. The summed E-state index contributed by atoms with van der Waals surface area (Å²) in [5, 5.41) is 6.70. The Bertz CT molecular complexity index is 1720. The van der Waals surface area contributed by atoms with Gasteiger partial charge in [-0.3, -0.25) is 14.4 Å². The van der Waals surface area contributed by atoms with Crippen molar-refractivity contribution in [2.45, 2.75) is 18.4 Å². The molecule has 0 fully saturated rings. The lowest BCUT2D eigenvalue weighted by Crippen LogP contribution is -2.38. The zero-order valence-corrected chi connectivity index (χ0v) is 22.9. The van der Waals surface area contributed by atoms with Crippen LogP contribution in [0.3, 0.4) is 0 Å². The van der Waals surface area contributed by atoms with Gasteiger partial charge in [0.25, 0.3) is 5.91 Å². The number of nitrogens with one attached hydrogen (secondary N) is 2. The lowest BCUT2D eigenvalue weighted by Gasteiger charge is -2.41. The summed E-state index contributed by atoms with van der Waals surface area (Å²) in [5.41, 5.74) is 4.93. The number of para-hydroxylation sites is 2. The quantitative estimate of drug-likeness (QED) is 0.192. The van der Waals surface area contributed by atoms with E-state index < -0.39 is 17.9 Å². The molecule has 1 amide bonds. The second kappa shape index (κ2) is 12.1. The highest BCUT2D eigenvalue weighted by molar-refractivity contribution is 6.05. The van der Waals surface area contributed by atoms with Crippen molar-refractivity contribution in [3.63, 3.8) is 0 Å². The van der Waals surface area contributed by atoms with E-state index in [1.54, 1.807) is 12.1 Å². The van der Waals surface area contributed by atoms with Gasteiger partial charge in [-0.2, -0.15) is 0 Å². The topological polar surface area (TPSA) is 75.3 Å². The predicted octanol–water partition coefficient (Wildman–Crippen LogP) is 7.96. The van der Waals surface area contributed by atoms with Crippen molar-refractivity contribution in [3.8, 4) is 0 Å². The Labute approximate surface area is 245 Å². The summed E-state index contributed by atoms with van der Waals surface area (Å²) in [5.74, 6) is -1.33. The molecule has 5 aromatic rings. The first-order valence-electron chi connectivity index (χ1n) is 14.1. The molecule has 0 aromatic heterocycles. The average molecular weight is 551 g/mol. The molecule has 5 heteroatoms. The van der Waals surface area contributed by atoms with Gasteiger partial charge in [0, 0.05) is 40.4 Å². The molecule has 0 aliphatic carbocycles. The fourth-order valence-corrected chi connectivity index (χ4v) is 5.88. The van der Waals surface area contributed by atoms with Crippen molar-refractivity contribution < 1.29 is 14.4 Å². The number of ketones is 2. The Balaban J connectivity index is 1.46. The molecule has 206 valence electrons. The predicted molar refractivity (Wildman–Crippen MR) is 166 cm³/mol. The fourth-order valence-electron chi connectivity index (χ4n) is 5.88. The molecule has 5 nitrogen and oxygen atoms in total. The first-order valence-corrected chi connectivity index (χ1v) is 14.1. The van der Waals surface area contributed by atoms with Crippen molar-refractivity contribution in [2.75, 3.05) is 10.6 Å². The molecular weight excluding hydrogens is 520 g/mol. The van der Waals surface area contributed by atoms with E-state index >= 15 is 0 Å². The van der Waals surface area contributed by atoms with Crippen LogP contribution >= 0.6 is 0 Å². The third kappa shape index (κ3) is 5.50. The molecule has 1 aliphatic heterocycles. The van der Waals surface area contributed by atoms with Gasteiger partial charge in [-0.15, -0.1) is 0 Å². The van der Waals surface area contributed by atoms with Crippen LogP contribution in [0.2, 0.25) is 0 Å². The van der Waals surface area contributed by atoms with E-state index in [0.29, 0.717) is 22.4 Å². The van der Waals surface area contributed by atoms with Gasteiger partial charge in [0.15, 0.2) is 11.6 Å². The van der Waals surface area contributed by atoms with Crippen LogP contribution in [-0.4, -0.2) is 17.5 Å². The lowest BCUT2D eigenvalue weighted by atomic mass is 9.69. The van der Waals surface area contributed by atoms with Crippen LogP contribution in [0, 0.1) is 5.92 Å². The highest BCUT2D eigenvalue weighted by Crippen LogP contribution is 2.49. The minimum atomic E-state index is -0.621. The standard InChI is InChI=1S/C37H30N2O3/c40-33(25-14-4-1-5-15-25)24-30-28-20-10-12-22-31(28)38-35(34(30)36(41)26-16-6-2-7-17-26)29-21-11-13-23-32(29)39-37(42)27-18-8-3-9-19-27/h1-23,30,34-35,38H,24H2,(H,39,42)/t30-,34+,35-/m0/s1. The van der Waals surface area contributed by atoms with Crippen molar-refractivity contribution in [1.82, 2.24) is 0 Å². The summed E-state index contributed by atoms with van der Waals surface area (Å²) >= 11 is 0. The highest BCUT2D eigenvalue weighted by atomic mass is 16.2. The molecule has 0 saturated heterocycles. The molecule has 3 atom stereocenters. The van der Waals surface area contributed by atoms with E-state index in [4.69, 9.17) is 0 Å². The second-order valence-electron chi connectivity index (χ2n) is 10.5. The van der Waals surface area contributed by atoms with Crippen molar-refractivity contribution >= 4 is 28.8 Å². The van der Waals surface area contributed by atoms with Gasteiger partial charge in [0.05, 0.1) is 12.0 Å². The van der Waals surface area contributed by atoms with Gasteiger partial charge in [0.2, 0.25) is 0 Å². The maximum atomic E-state index is 14.4. The van der Waals surface area contributed by atoms with Gasteiger partial charge >= 0.3 is 0 Å². The zero-order valence-electron chi connectivity index (χ0n) is 22.9. The Morgan fingerprint density at radius 3 is 1.76 bits per heavy atom. The van der Waals surface area contributed by atoms with Crippen LogP contribution in [-0.2, 0) is 0 Å². The van der Waals surface area contributed by atoms with E-state index in [2.05, 4.69) is 10.6 Å². The lowest BCUT2D eigenvalue weighted by molar-refractivity contribution is 0.0854. The number of amides is 1. The van der Waals surface area contributed by atoms with Gasteiger partial charge in [-0.1, -0.05) is 115 Å². The molecule has 42 heavy (non-hydrogen) atoms. The number of fused-ring (bicyclic) bond motifs is 1. The third-order valence-electron chi connectivity index (χ3n) is 7.91. The minimum absolute atomic E-state index is 0.0208. The first kappa shape index (κ1) is 26.9. The number of carbonyl (C=O) groups excluding carboxylic acids is 3. The van der Waals surface area contributed by atoms with E-state index in [1.165, 1.54) is 0 Å². The van der Waals surface area contributed by atoms with E-state index in [0.717, 1.165) is 16.8 Å². The number of benzene rings is 5. The highest BCUT2D eigenvalue weighted by Gasteiger charge is 2.43. The first-order chi connectivity index (χ1) is 20.6. The van der Waals surface area contributed by atoms with E-state index in [1.807, 2.05) is 127 Å². The normalized spacial score (nSPS) is 17.4. The van der Waals surface area contributed by atoms with Crippen molar-refractivity contribution in [1.29, 1.82) is 0 Å². The zero-order chi connectivity index (χ0) is 28.9. The number of hydrogen-bond acceptors (Lipinski definition) is 4. The minimum Gasteiger partial charge on any atom is -0.377 e. The van der Waals surface area contributed by atoms with Gasteiger partial charge in [-0.25, -0.2) is 0 Å². The van der Waals surface area contributed by atoms with Crippen LogP contribution in [0.5, 0.6) is 0 Å². The molecular formula is C37H30N2O3. The SMILES string of the molecule is O=C(C[C@H]1c2ccccc2N[C@@H](c2ccccc2NC(=O)c2ccccc2)[C@@H]1C(=O)c1ccccc1)c1ccccc1. The summed E-state index contributed by atoms with van der Waals surface area (Å²) in [6.07, 6.45) is 0.168. The van der Waals surface area contributed by atoms with Crippen LogP contribution in [0.25, 0.3) is 0 Å². The van der Waals surface area contributed by atoms with Gasteiger partial charge < -0.3 is 10.6 Å². The average Bonchev–Trinajstić information content (AvgIpc) is 3.05. The maximum Gasteiger partial charge on any atom is 0.255 e. The summed E-state index contributed by atoms with van der Waals surface area (Å²) in [7, 11) is 0. The van der Waals surface area contributed by atoms with Crippen LogP contribution < -0.4 is 10.6 Å². The molecule has 5 aromatic carbocycles. The molecule has 0 spiro atoms. The Kier molecular flexibility index (Phi) is 7.73. The number of Topliss-reactive ketones (excluding diaryl/α,β-unsaturated/α-hetero) is 2.